The average Bonchev–Trinajstić information content (AvgIpc) is 3.08. The van der Waals surface area contributed by atoms with Crippen LogP contribution in [-0.4, -0.2) is 15.0 Å². The molecule has 3 rings (SSSR count). The standard InChI is InChI=1S/C22H26FN3/c1-4-22(2,3)13-19-15-25-21(26-19)12-7-16-5-8-17(9-6-16)20-11-10-18(23)14-24-20/h5-6,8-11,14-15H,4,7,12-13H2,1-3H3,(H,25,26). The number of pyridine rings is 1. The third-order valence-corrected chi connectivity index (χ3v) is 4.93. The normalized spacial score (nSPS) is 11.7. The first-order chi connectivity index (χ1) is 12.4. The number of halogens is 1. The van der Waals surface area contributed by atoms with Crippen molar-refractivity contribution in [3.05, 3.63) is 71.7 Å². The fourth-order valence-corrected chi connectivity index (χ4v) is 2.91. The predicted molar refractivity (Wildman–Crippen MR) is 103 cm³/mol. The fourth-order valence-electron chi connectivity index (χ4n) is 2.91. The van der Waals surface area contributed by atoms with E-state index in [1.165, 1.54) is 23.5 Å². The number of hydrogen-bond donors (Lipinski definition) is 1. The van der Waals surface area contributed by atoms with Crippen molar-refractivity contribution in [3.63, 3.8) is 0 Å². The van der Waals surface area contributed by atoms with Gasteiger partial charge in [0.2, 0.25) is 0 Å². The van der Waals surface area contributed by atoms with E-state index in [4.69, 9.17) is 0 Å². The van der Waals surface area contributed by atoms with Gasteiger partial charge in [-0.25, -0.2) is 9.37 Å². The number of benzene rings is 1. The molecule has 3 nitrogen and oxygen atoms in total. The summed E-state index contributed by atoms with van der Waals surface area (Å²) in [4.78, 5) is 12.1. The number of H-pyrrole nitrogens is 1. The van der Waals surface area contributed by atoms with Gasteiger partial charge in [0.25, 0.3) is 0 Å². The van der Waals surface area contributed by atoms with Gasteiger partial charge in [0.15, 0.2) is 0 Å². The second kappa shape index (κ2) is 7.81. The third kappa shape index (κ3) is 4.78. The molecule has 0 atom stereocenters. The number of aryl methyl sites for hydroxylation is 2. The summed E-state index contributed by atoms with van der Waals surface area (Å²) in [6, 6.07) is 11.4. The highest BCUT2D eigenvalue weighted by Gasteiger charge is 2.17. The number of rotatable bonds is 7. The molecule has 0 fully saturated rings. The molecule has 0 unspecified atom stereocenters. The van der Waals surface area contributed by atoms with Crippen molar-refractivity contribution in [2.24, 2.45) is 5.41 Å². The van der Waals surface area contributed by atoms with Gasteiger partial charge in [-0.15, -0.1) is 0 Å². The smallest absolute Gasteiger partial charge is 0.141 e. The van der Waals surface area contributed by atoms with Crippen LogP contribution in [0.3, 0.4) is 0 Å². The Balaban J connectivity index is 1.58. The summed E-state index contributed by atoms with van der Waals surface area (Å²) in [6.45, 7) is 6.79. The summed E-state index contributed by atoms with van der Waals surface area (Å²) in [6.07, 6.45) is 7.21. The highest BCUT2D eigenvalue weighted by Crippen LogP contribution is 2.24. The van der Waals surface area contributed by atoms with Crippen LogP contribution in [0.1, 0.15) is 44.3 Å². The maximum Gasteiger partial charge on any atom is 0.141 e. The molecule has 26 heavy (non-hydrogen) atoms. The molecule has 0 amide bonds. The largest absolute Gasteiger partial charge is 0.346 e. The van der Waals surface area contributed by atoms with E-state index in [-0.39, 0.29) is 5.82 Å². The summed E-state index contributed by atoms with van der Waals surface area (Å²) in [5, 5.41) is 0. The van der Waals surface area contributed by atoms with Crippen LogP contribution in [0.5, 0.6) is 0 Å². The lowest BCUT2D eigenvalue weighted by Crippen LogP contribution is -2.13. The molecule has 2 heterocycles. The Morgan fingerprint density at radius 1 is 0.962 bits per heavy atom. The number of imidazole rings is 1. The van der Waals surface area contributed by atoms with Crippen LogP contribution in [-0.2, 0) is 19.3 Å². The molecule has 0 bridgehead atoms. The first kappa shape index (κ1) is 18.3. The van der Waals surface area contributed by atoms with Gasteiger partial charge in [-0.1, -0.05) is 51.5 Å². The molecule has 0 aliphatic carbocycles. The van der Waals surface area contributed by atoms with Crippen molar-refractivity contribution in [2.75, 3.05) is 0 Å². The first-order valence-electron chi connectivity index (χ1n) is 9.19. The number of aromatic nitrogens is 3. The van der Waals surface area contributed by atoms with E-state index in [1.807, 2.05) is 18.3 Å². The summed E-state index contributed by atoms with van der Waals surface area (Å²) in [5.41, 5.74) is 4.55. The van der Waals surface area contributed by atoms with Crippen molar-refractivity contribution < 1.29 is 4.39 Å². The van der Waals surface area contributed by atoms with Gasteiger partial charge >= 0.3 is 0 Å². The molecule has 0 saturated carbocycles. The van der Waals surface area contributed by atoms with E-state index in [2.05, 4.69) is 47.9 Å². The van der Waals surface area contributed by atoms with Crippen molar-refractivity contribution in [1.82, 2.24) is 15.0 Å². The average molecular weight is 351 g/mol. The van der Waals surface area contributed by atoms with Gasteiger partial charge in [-0.2, -0.15) is 0 Å². The SMILES string of the molecule is CCC(C)(C)Cc1cnc(CCc2ccc(-c3ccc(F)cn3)cc2)[nH]1. The van der Waals surface area contributed by atoms with E-state index in [9.17, 15) is 4.39 Å². The predicted octanol–water partition coefficient (Wildman–Crippen LogP) is 5.37. The van der Waals surface area contributed by atoms with E-state index in [0.717, 1.165) is 42.8 Å². The monoisotopic (exact) mass is 351 g/mol. The van der Waals surface area contributed by atoms with Gasteiger partial charge in [-0.3, -0.25) is 4.98 Å². The first-order valence-corrected chi connectivity index (χ1v) is 9.19. The maximum atomic E-state index is 13.0. The van der Waals surface area contributed by atoms with E-state index < -0.39 is 0 Å². The lowest BCUT2D eigenvalue weighted by molar-refractivity contribution is 0.346. The minimum Gasteiger partial charge on any atom is -0.346 e. The molecule has 4 heteroatoms. The molecule has 136 valence electrons. The summed E-state index contributed by atoms with van der Waals surface area (Å²) in [7, 11) is 0. The fraction of sp³-hybridized carbons (Fsp3) is 0.364. The van der Waals surface area contributed by atoms with Crippen LogP contribution in [0, 0.1) is 11.2 Å². The van der Waals surface area contributed by atoms with E-state index >= 15 is 0 Å². The molecule has 0 aliphatic rings. The van der Waals surface area contributed by atoms with Crippen LogP contribution in [0.25, 0.3) is 11.3 Å². The van der Waals surface area contributed by atoms with Gasteiger partial charge in [-0.05, 0) is 36.0 Å². The highest BCUT2D eigenvalue weighted by molar-refractivity contribution is 5.59. The van der Waals surface area contributed by atoms with Gasteiger partial charge in [0.1, 0.15) is 11.6 Å². The molecule has 2 aromatic heterocycles. The van der Waals surface area contributed by atoms with Gasteiger partial charge in [0.05, 0.1) is 11.9 Å². The molecule has 3 aromatic rings. The number of nitrogens with zero attached hydrogens (tertiary/aromatic N) is 2. The molecule has 0 saturated heterocycles. The quantitative estimate of drug-likeness (QED) is 0.621. The zero-order valence-corrected chi connectivity index (χ0v) is 15.7. The van der Waals surface area contributed by atoms with Crippen molar-refractivity contribution in [2.45, 2.75) is 46.5 Å². The van der Waals surface area contributed by atoms with Crippen LogP contribution >= 0.6 is 0 Å². The summed E-state index contributed by atoms with van der Waals surface area (Å²) >= 11 is 0. The molecular formula is C22H26FN3. The molecule has 1 N–H and O–H groups in total. The Labute approximate surface area is 154 Å². The number of hydrogen-bond acceptors (Lipinski definition) is 2. The van der Waals surface area contributed by atoms with Crippen LogP contribution in [0.4, 0.5) is 4.39 Å². The minimum absolute atomic E-state index is 0.300. The summed E-state index contributed by atoms with van der Waals surface area (Å²) in [5.74, 6) is 0.724. The van der Waals surface area contributed by atoms with Crippen molar-refractivity contribution >= 4 is 0 Å². The Hall–Kier alpha value is -2.49. The topological polar surface area (TPSA) is 41.6 Å². The minimum atomic E-state index is -0.314. The lowest BCUT2D eigenvalue weighted by Gasteiger charge is -2.21. The highest BCUT2D eigenvalue weighted by atomic mass is 19.1. The van der Waals surface area contributed by atoms with Crippen LogP contribution in [0.15, 0.2) is 48.8 Å². The Kier molecular flexibility index (Phi) is 5.50. The molecule has 1 aromatic carbocycles. The molecule has 0 spiro atoms. The third-order valence-electron chi connectivity index (χ3n) is 4.93. The van der Waals surface area contributed by atoms with Gasteiger partial charge in [0, 0.05) is 23.9 Å². The molecule has 0 radical (unpaired) electrons. The molecular weight excluding hydrogens is 325 g/mol. The second-order valence-corrected chi connectivity index (χ2v) is 7.61. The zero-order valence-electron chi connectivity index (χ0n) is 15.7. The lowest BCUT2D eigenvalue weighted by atomic mass is 9.85. The second-order valence-electron chi connectivity index (χ2n) is 7.61. The van der Waals surface area contributed by atoms with Gasteiger partial charge < -0.3 is 4.98 Å². The van der Waals surface area contributed by atoms with Crippen molar-refractivity contribution in [3.8, 4) is 11.3 Å². The number of aromatic amines is 1. The maximum absolute atomic E-state index is 13.0. The number of nitrogens with one attached hydrogen (secondary N) is 1. The van der Waals surface area contributed by atoms with E-state index in [1.54, 1.807) is 6.07 Å². The Morgan fingerprint density at radius 3 is 2.38 bits per heavy atom. The Bertz CT molecular complexity index is 833. The Morgan fingerprint density at radius 2 is 1.73 bits per heavy atom. The zero-order chi connectivity index (χ0) is 18.6. The van der Waals surface area contributed by atoms with E-state index in [0.29, 0.717) is 5.41 Å². The van der Waals surface area contributed by atoms with Crippen LogP contribution in [0.2, 0.25) is 0 Å². The summed E-state index contributed by atoms with van der Waals surface area (Å²) < 4.78 is 13.0. The van der Waals surface area contributed by atoms with Crippen molar-refractivity contribution in [1.29, 1.82) is 0 Å². The molecule has 0 aliphatic heterocycles. The van der Waals surface area contributed by atoms with Crippen LogP contribution < -0.4 is 0 Å².